The summed E-state index contributed by atoms with van der Waals surface area (Å²) in [5.41, 5.74) is 2.17. The third kappa shape index (κ3) is 3.23. The summed E-state index contributed by atoms with van der Waals surface area (Å²) >= 11 is 6.92. The predicted octanol–water partition coefficient (Wildman–Crippen LogP) is 4.05. The Balaban J connectivity index is 1.55. The third-order valence-corrected chi connectivity index (χ3v) is 4.12. The molecular formula is C15H13NO2S2. The Bertz CT molecular complexity index is 617. The Morgan fingerprint density at radius 3 is 2.75 bits per heavy atom. The average Bonchev–Trinajstić information content (AvgIpc) is 2.93. The fourth-order valence-electron chi connectivity index (χ4n) is 1.86. The highest BCUT2D eigenvalue weighted by molar-refractivity contribution is 8.22. The van der Waals surface area contributed by atoms with E-state index in [-0.39, 0.29) is 0 Å². The maximum atomic E-state index is 5.36. The van der Waals surface area contributed by atoms with Gasteiger partial charge in [0.25, 0.3) is 0 Å². The summed E-state index contributed by atoms with van der Waals surface area (Å²) in [6.07, 6.45) is 0. The Kier molecular flexibility index (Phi) is 4.08. The average molecular weight is 303 g/mol. The summed E-state index contributed by atoms with van der Waals surface area (Å²) in [5, 5.41) is 3.20. The summed E-state index contributed by atoms with van der Waals surface area (Å²) in [6, 6.07) is 15.9. The minimum absolute atomic E-state index is 0.305. The van der Waals surface area contributed by atoms with Crippen molar-refractivity contribution >= 4 is 34.0 Å². The van der Waals surface area contributed by atoms with E-state index in [1.807, 2.05) is 48.5 Å². The number of ether oxygens (including phenoxy) is 2. The van der Waals surface area contributed by atoms with Crippen molar-refractivity contribution in [2.24, 2.45) is 0 Å². The van der Waals surface area contributed by atoms with Gasteiger partial charge in [-0.05, 0) is 29.8 Å². The van der Waals surface area contributed by atoms with Crippen LogP contribution in [-0.4, -0.2) is 11.1 Å². The Hall–Kier alpha value is -1.72. The summed E-state index contributed by atoms with van der Waals surface area (Å²) in [6.45, 7) is 0.305. The Morgan fingerprint density at radius 1 is 1.10 bits per heavy atom. The summed E-state index contributed by atoms with van der Waals surface area (Å²) in [5.74, 6) is 2.42. The quantitative estimate of drug-likeness (QED) is 0.865. The van der Waals surface area contributed by atoms with Crippen LogP contribution in [0.2, 0.25) is 0 Å². The molecule has 0 aromatic heterocycles. The normalized spacial score (nSPS) is 12.2. The SMILES string of the molecule is S=C(Nc1ccccc1)SCc1ccc2c(c1)OCO2. The number of nitrogens with one attached hydrogen (secondary N) is 1. The van der Waals surface area contributed by atoms with Crippen molar-refractivity contribution in [2.45, 2.75) is 5.75 Å². The highest BCUT2D eigenvalue weighted by Crippen LogP contribution is 2.33. The molecule has 3 rings (SSSR count). The molecule has 1 aliphatic heterocycles. The van der Waals surface area contributed by atoms with Gasteiger partial charge in [-0.3, -0.25) is 0 Å². The van der Waals surface area contributed by atoms with E-state index in [9.17, 15) is 0 Å². The number of rotatable bonds is 3. The van der Waals surface area contributed by atoms with Gasteiger partial charge in [-0.25, -0.2) is 0 Å². The van der Waals surface area contributed by atoms with Gasteiger partial charge in [-0.2, -0.15) is 0 Å². The number of benzene rings is 2. The molecule has 0 saturated carbocycles. The molecule has 2 aromatic carbocycles. The van der Waals surface area contributed by atoms with Crippen LogP contribution in [0.1, 0.15) is 5.56 Å². The van der Waals surface area contributed by atoms with Gasteiger partial charge in [-0.1, -0.05) is 48.2 Å². The van der Waals surface area contributed by atoms with Crippen molar-refractivity contribution in [3.8, 4) is 11.5 Å². The lowest BCUT2D eigenvalue weighted by molar-refractivity contribution is 0.174. The molecule has 0 radical (unpaired) electrons. The van der Waals surface area contributed by atoms with Gasteiger partial charge in [0.15, 0.2) is 11.5 Å². The van der Waals surface area contributed by atoms with Gasteiger partial charge in [0.05, 0.1) is 0 Å². The van der Waals surface area contributed by atoms with Crippen molar-refractivity contribution in [3.63, 3.8) is 0 Å². The molecule has 0 aliphatic carbocycles. The Labute approximate surface area is 127 Å². The first-order chi connectivity index (χ1) is 9.81. The van der Waals surface area contributed by atoms with Crippen LogP contribution < -0.4 is 14.8 Å². The van der Waals surface area contributed by atoms with Gasteiger partial charge >= 0.3 is 0 Å². The van der Waals surface area contributed by atoms with Crippen LogP contribution in [0, 0.1) is 0 Å². The van der Waals surface area contributed by atoms with Gasteiger partial charge in [0, 0.05) is 11.4 Å². The van der Waals surface area contributed by atoms with Crippen molar-refractivity contribution in [2.75, 3.05) is 12.1 Å². The summed E-state index contributed by atoms with van der Waals surface area (Å²) < 4.78 is 11.4. The molecule has 3 nitrogen and oxygen atoms in total. The number of fused-ring (bicyclic) bond motifs is 1. The molecule has 102 valence electrons. The first-order valence-corrected chi connectivity index (χ1v) is 7.58. The minimum atomic E-state index is 0.305. The number of anilines is 1. The van der Waals surface area contributed by atoms with Crippen LogP contribution in [0.4, 0.5) is 5.69 Å². The monoisotopic (exact) mass is 303 g/mol. The predicted molar refractivity (Wildman–Crippen MR) is 86.5 cm³/mol. The maximum Gasteiger partial charge on any atom is 0.231 e. The van der Waals surface area contributed by atoms with Gasteiger partial charge in [0.1, 0.15) is 4.32 Å². The molecular weight excluding hydrogens is 290 g/mol. The lowest BCUT2D eigenvalue weighted by Crippen LogP contribution is -2.04. The molecule has 0 bridgehead atoms. The van der Waals surface area contributed by atoms with Crippen molar-refractivity contribution < 1.29 is 9.47 Å². The van der Waals surface area contributed by atoms with E-state index in [2.05, 4.69) is 5.32 Å². The molecule has 0 amide bonds. The first kappa shape index (κ1) is 13.3. The number of hydrogen-bond acceptors (Lipinski definition) is 4. The summed E-state index contributed by atoms with van der Waals surface area (Å²) in [4.78, 5) is 0. The van der Waals surface area contributed by atoms with Gasteiger partial charge in [0.2, 0.25) is 6.79 Å². The lowest BCUT2D eigenvalue weighted by atomic mass is 10.2. The second-order valence-electron chi connectivity index (χ2n) is 4.25. The standard InChI is InChI=1S/C15H13NO2S2/c19-15(16-12-4-2-1-3-5-12)20-9-11-6-7-13-14(8-11)18-10-17-13/h1-8H,9-10H2,(H,16,19). The molecule has 0 unspecified atom stereocenters. The molecule has 0 fully saturated rings. The molecule has 1 N–H and O–H groups in total. The zero-order valence-electron chi connectivity index (χ0n) is 10.7. The molecule has 0 atom stereocenters. The minimum Gasteiger partial charge on any atom is -0.454 e. The third-order valence-electron chi connectivity index (χ3n) is 2.83. The molecule has 0 saturated heterocycles. The number of para-hydroxylation sites is 1. The summed E-state index contributed by atoms with van der Waals surface area (Å²) in [7, 11) is 0. The Morgan fingerprint density at radius 2 is 1.90 bits per heavy atom. The largest absolute Gasteiger partial charge is 0.454 e. The van der Waals surface area contributed by atoms with Crippen molar-refractivity contribution in [3.05, 3.63) is 54.1 Å². The molecule has 1 heterocycles. The van der Waals surface area contributed by atoms with E-state index in [4.69, 9.17) is 21.7 Å². The number of thiocarbonyl (C=S) groups is 1. The maximum absolute atomic E-state index is 5.36. The van der Waals surface area contributed by atoms with E-state index in [0.29, 0.717) is 6.79 Å². The molecule has 5 heteroatoms. The highest BCUT2D eigenvalue weighted by atomic mass is 32.2. The fourth-order valence-corrected chi connectivity index (χ4v) is 2.82. The first-order valence-electron chi connectivity index (χ1n) is 6.18. The van der Waals surface area contributed by atoms with Crippen LogP contribution in [-0.2, 0) is 5.75 Å². The van der Waals surface area contributed by atoms with Crippen molar-refractivity contribution in [1.29, 1.82) is 0 Å². The van der Waals surface area contributed by atoms with E-state index in [1.54, 1.807) is 11.8 Å². The van der Waals surface area contributed by atoms with Crippen LogP contribution in [0.15, 0.2) is 48.5 Å². The number of thioether (sulfide) groups is 1. The van der Waals surface area contributed by atoms with Crippen LogP contribution in [0.25, 0.3) is 0 Å². The van der Waals surface area contributed by atoms with Gasteiger partial charge < -0.3 is 14.8 Å². The second kappa shape index (κ2) is 6.15. The van der Waals surface area contributed by atoms with E-state index in [1.165, 1.54) is 0 Å². The molecule has 1 aliphatic rings. The lowest BCUT2D eigenvalue weighted by Gasteiger charge is -2.07. The molecule has 0 spiro atoms. The van der Waals surface area contributed by atoms with Gasteiger partial charge in [-0.15, -0.1) is 0 Å². The van der Waals surface area contributed by atoms with E-state index in [0.717, 1.165) is 32.8 Å². The molecule has 20 heavy (non-hydrogen) atoms. The highest BCUT2D eigenvalue weighted by Gasteiger charge is 2.13. The van der Waals surface area contributed by atoms with Crippen LogP contribution >= 0.6 is 24.0 Å². The fraction of sp³-hybridized carbons (Fsp3) is 0.133. The second-order valence-corrected chi connectivity index (χ2v) is 5.91. The van der Waals surface area contributed by atoms with Crippen LogP contribution in [0.5, 0.6) is 11.5 Å². The molecule has 2 aromatic rings. The smallest absolute Gasteiger partial charge is 0.231 e. The van der Waals surface area contributed by atoms with E-state index < -0.39 is 0 Å². The number of hydrogen-bond donors (Lipinski definition) is 1. The van der Waals surface area contributed by atoms with E-state index >= 15 is 0 Å². The van der Waals surface area contributed by atoms with Crippen LogP contribution in [0.3, 0.4) is 0 Å². The zero-order valence-corrected chi connectivity index (χ0v) is 12.3. The topological polar surface area (TPSA) is 30.5 Å². The zero-order chi connectivity index (χ0) is 13.8. The van der Waals surface area contributed by atoms with Crippen molar-refractivity contribution in [1.82, 2.24) is 0 Å².